The number of carbonyl (C=O) groups excluding carboxylic acids is 1. The lowest BCUT2D eigenvalue weighted by Crippen LogP contribution is -2.34. The number of fused-ring (bicyclic) bond motifs is 1. The fraction of sp³-hybridized carbons (Fsp3) is 0.0455. The van der Waals surface area contributed by atoms with E-state index in [2.05, 4.69) is 15.6 Å². The van der Waals surface area contributed by atoms with E-state index in [9.17, 15) is 4.79 Å². The van der Waals surface area contributed by atoms with Crippen molar-refractivity contribution in [2.24, 2.45) is 0 Å². The number of hydrogen-bond donors (Lipinski definition) is 2. The van der Waals surface area contributed by atoms with Crippen LogP contribution < -0.4 is 10.6 Å². The van der Waals surface area contributed by atoms with E-state index < -0.39 is 0 Å². The van der Waals surface area contributed by atoms with Gasteiger partial charge in [-0.1, -0.05) is 53.5 Å². The molecular weight excluding hydrogens is 441 g/mol. The van der Waals surface area contributed by atoms with Crippen molar-refractivity contribution in [1.82, 2.24) is 10.3 Å². The van der Waals surface area contributed by atoms with E-state index in [4.69, 9.17) is 39.8 Å². The minimum Gasteiger partial charge on any atom is -0.439 e. The van der Waals surface area contributed by atoms with Gasteiger partial charge in [0.25, 0.3) is 5.91 Å². The van der Waals surface area contributed by atoms with Crippen molar-refractivity contribution in [3.05, 3.63) is 93.8 Å². The SMILES string of the molecule is O=C(NC(=S)Nc1ccc(Cc2nc3cc(Cl)cc(Cl)c3o2)cc1)c1ccccc1. The molecule has 0 bridgehead atoms. The summed E-state index contributed by atoms with van der Waals surface area (Å²) in [4.78, 5) is 16.6. The topological polar surface area (TPSA) is 67.2 Å². The largest absolute Gasteiger partial charge is 0.439 e. The summed E-state index contributed by atoms with van der Waals surface area (Å²) in [6.07, 6.45) is 0.498. The smallest absolute Gasteiger partial charge is 0.257 e. The molecule has 0 atom stereocenters. The number of carbonyl (C=O) groups is 1. The van der Waals surface area contributed by atoms with E-state index in [1.807, 2.05) is 30.3 Å². The van der Waals surface area contributed by atoms with Crippen LogP contribution in [0.5, 0.6) is 0 Å². The Kier molecular flexibility index (Phi) is 5.99. The van der Waals surface area contributed by atoms with Crippen LogP contribution in [-0.4, -0.2) is 16.0 Å². The van der Waals surface area contributed by atoms with Gasteiger partial charge in [0.1, 0.15) is 5.52 Å². The molecule has 150 valence electrons. The molecule has 1 amide bonds. The van der Waals surface area contributed by atoms with Crippen LogP contribution in [0.25, 0.3) is 11.1 Å². The van der Waals surface area contributed by atoms with Gasteiger partial charge in [-0.2, -0.15) is 0 Å². The maximum atomic E-state index is 12.1. The summed E-state index contributed by atoms with van der Waals surface area (Å²) in [5.41, 5.74) is 3.43. The maximum absolute atomic E-state index is 12.1. The summed E-state index contributed by atoms with van der Waals surface area (Å²) in [5.74, 6) is 0.278. The molecule has 2 N–H and O–H groups in total. The fourth-order valence-electron chi connectivity index (χ4n) is 2.89. The van der Waals surface area contributed by atoms with Crippen LogP contribution in [0.1, 0.15) is 21.8 Å². The van der Waals surface area contributed by atoms with Gasteiger partial charge in [-0.15, -0.1) is 0 Å². The van der Waals surface area contributed by atoms with Crippen molar-refractivity contribution >= 4 is 63.2 Å². The Morgan fingerprint density at radius 2 is 1.77 bits per heavy atom. The van der Waals surface area contributed by atoms with E-state index >= 15 is 0 Å². The second-order valence-electron chi connectivity index (χ2n) is 6.49. The van der Waals surface area contributed by atoms with Crippen molar-refractivity contribution in [2.75, 3.05) is 5.32 Å². The van der Waals surface area contributed by atoms with Gasteiger partial charge >= 0.3 is 0 Å². The van der Waals surface area contributed by atoms with Crippen molar-refractivity contribution in [2.45, 2.75) is 6.42 Å². The van der Waals surface area contributed by atoms with Gasteiger partial charge in [-0.25, -0.2) is 4.98 Å². The number of anilines is 1. The van der Waals surface area contributed by atoms with Gasteiger partial charge in [0.15, 0.2) is 16.6 Å². The minimum atomic E-state index is -0.264. The molecule has 4 rings (SSSR count). The lowest BCUT2D eigenvalue weighted by Gasteiger charge is -2.10. The second kappa shape index (κ2) is 8.83. The van der Waals surface area contributed by atoms with E-state index in [-0.39, 0.29) is 11.0 Å². The van der Waals surface area contributed by atoms with Gasteiger partial charge in [0.05, 0.1) is 5.02 Å². The number of aromatic nitrogens is 1. The summed E-state index contributed by atoms with van der Waals surface area (Å²) in [5, 5.41) is 6.82. The molecule has 0 saturated carbocycles. The van der Waals surface area contributed by atoms with Crippen LogP contribution in [-0.2, 0) is 6.42 Å². The van der Waals surface area contributed by atoms with Crippen LogP contribution >= 0.6 is 35.4 Å². The quantitative estimate of drug-likeness (QED) is 0.377. The Morgan fingerprint density at radius 1 is 1.03 bits per heavy atom. The Morgan fingerprint density at radius 3 is 2.50 bits per heavy atom. The number of hydrogen-bond acceptors (Lipinski definition) is 4. The zero-order chi connectivity index (χ0) is 21.1. The third kappa shape index (κ3) is 4.79. The first-order valence-electron chi connectivity index (χ1n) is 8.99. The third-order valence-electron chi connectivity index (χ3n) is 4.28. The number of halogens is 2. The molecular formula is C22H15Cl2N3O2S. The molecule has 4 aromatic rings. The molecule has 0 aliphatic rings. The van der Waals surface area contributed by atoms with Gasteiger partial charge in [0.2, 0.25) is 0 Å². The summed E-state index contributed by atoms with van der Waals surface area (Å²) in [6.45, 7) is 0. The maximum Gasteiger partial charge on any atom is 0.257 e. The minimum absolute atomic E-state index is 0.224. The highest BCUT2D eigenvalue weighted by Gasteiger charge is 2.12. The first-order chi connectivity index (χ1) is 14.5. The molecule has 5 nitrogen and oxygen atoms in total. The number of benzene rings is 3. The first-order valence-corrected chi connectivity index (χ1v) is 10.1. The lowest BCUT2D eigenvalue weighted by atomic mass is 10.1. The zero-order valence-electron chi connectivity index (χ0n) is 15.5. The van der Waals surface area contributed by atoms with Crippen LogP contribution in [0.2, 0.25) is 10.0 Å². The second-order valence-corrected chi connectivity index (χ2v) is 7.74. The Balaban J connectivity index is 1.39. The highest BCUT2D eigenvalue weighted by atomic mass is 35.5. The molecule has 0 spiro atoms. The predicted octanol–water partition coefficient (Wildman–Crippen LogP) is 5.85. The Labute approximate surface area is 188 Å². The number of amides is 1. The number of oxazole rings is 1. The van der Waals surface area contributed by atoms with Crippen LogP contribution in [0.4, 0.5) is 5.69 Å². The number of thiocarbonyl (C=S) groups is 1. The Hall–Kier alpha value is -2.93. The van der Waals surface area contributed by atoms with Gasteiger partial charge in [0, 0.05) is 22.7 Å². The monoisotopic (exact) mass is 455 g/mol. The van der Waals surface area contributed by atoms with Crippen LogP contribution in [0, 0.1) is 0 Å². The van der Waals surface area contributed by atoms with E-state index in [1.165, 1.54) is 0 Å². The van der Waals surface area contributed by atoms with Gasteiger partial charge in [-0.05, 0) is 54.2 Å². The Bertz CT molecular complexity index is 1220. The molecule has 1 heterocycles. The van der Waals surface area contributed by atoms with E-state index in [1.54, 1.807) is 36.4 Å². The van der Waals surface area contributed by atoms with Crippen molar-refractivity contribution in [3.8, 4) is 0 Å². The molecule has 0 radical (unpaired) electrons. The summed E-state index contributed by atoms with van der Waals surface area (Å²) >= 11 is 17.4. The summed E-state index contributed by atoms with van der Waals surface area (Å²) in [6, 6.07) is 19.8. The normalized spacial score (nSPS) is 10.7. The first kappa shape index (κ1) is 20.3. The molecule has 3 aromatic carbocycles. The van der Waals surface area contributed by atoms with Gasteiger partial charge < -0.3 is 9.73 Å². The van der Waals surface area contributed by atoms with Crippen molar-refractivity contribution < 1.29 is 9.21 Å². The average Bonchev–Trinajstić information content (AvgIpc) is 3.12. The highest BCUT2D eigenvalue weighted by Crippen LogP contribution is 2.29. The molecule has 0 aliphatic heterocycles. The summed E-state index contributed by atoms with van der Waals surface area (Å²) < 4.78 is 5.75. The molecule has 0 saturated heterocycles. The van der Waals surface area contributed by atoms with Crippen molar-refractivity contribution in [3.63, 3.8) is 0 Å². The third-order valence-corrected chi connectivity index (χ3v) is 4.99. The van der Waals surface area contributed by atoms with Crippen molar-refractivity contribution in [1.29, 1.82) is 0 Å². The zero-order valence-corrected chi connectivity index (χ0v) is 17.8. The van der Waals surface area contributed by atoms with Crippen LogP contribution in [0.15, 0.2) is 71.1 Å². The molecule has 0 fully saturated rings. The number of nitrogens with zero attached hydrogens (tertiary/aromatic N) is 1. The van der Waals surface area contributed by atoms with Gasteiger partial charge in [-0.3, -0.25) is 10.1 Å². The molecule has 1 aromatic heterocycles. The molecule has 0 aliphatic carbocycles. The summed E-state index contributed by atoms with van der Waals surface area (Å²) in [7, 11) is 0. The fourth-order valence-corrected chi connectivity index (χ4v) is 3.62. The number of rotatable bonds is 4. The standard InChI is InChI=1S/C22H15Cl2N3O2S/c23-15-11-17(24)20-18(12-15)26-19(29-20)10-13-6-8-16(9-7-13)25-22(30)27-21(28)14-4-2-1-3-5-14/h1-9,11-12H,10H2,(H2,25,27,28,30). The van der Waals surface area contributed by atoms with E-state index in [0.29, 0.717) is 39.0 Å². The molecule has 8 heteroatoms. The molecule has 0 unspecified atom stereocenters. The molecule has 30 heavy (non-hydrogen) atoms. The van der Waals surface area contributed by atoms with Crippen LogP contribution in [0.3, 0.4) is 0 Å². The van der Waals surface area contributed by atoms with E-state index in [0.717, 1.165) is 11.3 Å². The number of nitrogens with one attached hydrogen (secondary N) is 2. The highest BCUT2D eigenvalue weighted by molar-refractivity contribution is 7.80. The average molecular weight is 456 g/mol. The lowest BCUT2D eigenvalue weighted by molar-refractivity contribution is 0.0977. The predicted molar refractivity (Wildman–Crippen MR) is 123 cm³/mol.